The quantitative estimate of drug-likeness (QED) is 0.753. The molecule has 1 aromatic rings. The van der Waals surface area contributed by atoms with E-state index in [1.165, 1.54) is 0 Å². The Morgan fingerprint density at radius 1 is 1.16 bits per heavy atom. The summed E-state index contributed by atoms with van der Waals surface area (Å²) in [5, 5.41) is 0. The fraction of sp³-hybridized carbons (Fsp3) is 0.562. The first kappa shape index (κ1) is 16.4. The summed E-state index contributed by atoms with van der Waals surface area (Å²) in [6.45, 7) is 10.2. The molecule has 0 bridgehead atoms. The summed E-state index contributed by atoms with van der Waals surface area (Å²) in [5.41, 5.74) is 0.733. The van der Waals surface area contributed by atoms with Gasteiger partial charge in [-0.3, -0.25) is 9.69 Å². The van der Waals surface area contributed by atoms with Crippen molar-refractivity contribution < 1.29 is 4.79 Å². The molecule has 0 aliphatic heterocycles. The van der Waals surface area contributed by atoms with E-state index < -0.39 is 0 Å². The van der Waals surface area contributed by atoms with Crippen LogP contribution in [0.1, 0.15) is 39.7 Å². The number of hydrogen-bond donors (Lipinski definition) is 0. The van der Waals surface area contributed by atoms with E-state index >= 15 is 0 Å². The van der Waals surface area contributed by atoms with Crippen LogP contribution in [0.15, 0.2) is 28.7 Å². The van der Waals surface area contributed by atoms with Crippen molar-refractivity contribution in [1.29, 1.82) is 0 Å². The monoisotopic (exact) mass is 325 g/mol. The minimum Gasteiger partial charge on any atom is -0.297 e. The van der Waals surface area contributed by atoms with Gasteiger partial charge in [-0.1, -0.05) is 48.8 Å². The fourth-order valence-electron chi connectivity index (χ4n) is 2.50. The molecule has 0 N–H and O–H groups in total. The van der Waals surface area contributed by atoms with E-state index in [9.17, 15) is 4.79 Å². The van der Waals surface area contributed by atoms with Crippen molar-refractivity contribution in [2.75, 3.05) is 13.1 Å². The van der Waals surface area contributed by atoms with Gasteiger partial charge in [-0.05, 0) is 44.1 Å². The molecule has 1 unspecified atom stereocenters. The summed E-state index contributed by atoms with van der Waals surface area (Å²) in [5.74, 6) is 0.307. The number of carbonyl (C=O) groups is 1. The molecule has 0 aliphatic carbocycles. The van der Waals surface area contributed by atoms with Crippen LogP contribution in [0.5, 0.6) is 0 Å². The summed E-state index contributed by atoms with van der Waals surface area (Å²) in [4.78, 5) is 14.9. The van der Waals surface area contributed by atoms with E-state index in [1.54, 1.807) is 0 Å². The van der Waals surface area contributed by atoms with Crippen LogP contribution in [0.4, 0.5) is 0 Å². The smallest absolute Gasteiger partial charge is 0.157 e. The predicted octanol–water partition coefficient (Wildman–Crippen LogP) is 4.07. The van der Waals surface area contributed by atoms with Crippen molar-refractivity contribution in [2.45, 2.75) is 46.1 Å². The van der Waals surface area contributed by atoms with Gasteiger partial charge in [0, 0.05) is 10.9 Å². The molecule has 3 heteroatoms. The van der Waals surface area contributed by atoms with Crippen LogP contribution in [0.2, 0.25) is 0 Å². The van der Waals surface area contributed by atoms with Gasteiger partial charge in [0.15, 0.2) is 5.78 Å². The van der Waals surface area contributed by atoms with Crippen molar-refractivity contribution in [3.63, 3.8) is 0 Å². The molecule has 19 heavy (non-hydrogen) atoms. The van der Waals surface area contributed by atoms with E-state index in [0.717, 1.165) is 29.5 Å². The van der Waals surface area contributed by atoms with Crippen molar-refractivity contribution in [2.24, 2.45) is 0 Å². The SMILES string of the molecule is CCN(CC)C(C)(CC)C(=O)Cc1ccc(Br)cc1. The third-order valence-electron chi connectivity index (χ3n) is 4.03. The number of rotatable bonds is 7. The number of likely N-dealkylation sites (N-methyl/N-ethyl adjacent to an activating group) is 1. The van der Waals surface area contributed by atoms with Crippen LogP contribution in [-0.4, -0.2) is 29.3 Å². The van der Waals surface area contributed by atoms with Gasteiger partial charge in [-0.15, -0.1) is 0 Å². The molecule has 0 amide bonds. The first-order valence-electron chi connectivity index (χ1n) is 7.00. The first-order valence-corrected chi connectivity index (χ1v) is 7.80. The molecule has 0 aliphatic rings. The maximum atomic E-state index is 12.7. The van der Waals surface area contributed by atoms with E-state index in [1.807, 2.05) is 24.3 Å². The molecular formula is C16H24BrNO. The highest BCUT2D eigenvalue weighted by Gasteiger charge is 2.35. The van der Waals surface area contributed by atoms with Crippen LogP contribution in [-0.2, 0) is 11.2 Å². The fourth-order valence-corrected chi connectivity index (χ4v) is 2.76. The van der Waals surface area contributed by atoms with E-state index in [4.69, 9.17) is 0 Å². The Kier molecular flexibility index (Phi) is 6.21. The van der Waals surface area contributed by atoms with Gasteiger partial charge in [-0.25, -0.2) is 0 Å². The minimum atomic E-state index is -0.351. The number of halogens is 1. The topological polar surface area (TPSA) is 20.3 Å². The third kappa shape index (κ3) is 3.90. The second kappa shape index (κ2) is 7.20. The predicted molar refractivity (Wildman–Crippen MR) is 84.5 cm³/mol. The van der Waals surface area contributed by atoms with Gasteiger partial charge in [0.05, 0.1) is 5.54 Å². The summed E-state index contributed by atoms with van der Waals surface area (Å²) in [6.07, 6.45) is 1.36. The van der Waals surface area contributed by atoms with Crippen molar-refractivity contribution in [3.05, 3.63) is 34.3 Å². The van der Waals surface area contributed by atoms with Gasteiger partial charge in [0.25, 0.3) is 0 Å². The van der Waals surface area contributed by atoms with Gasteiger partial charge >= 0.3 is 0 Å². The Morgan fingerprint density at radius 2 is 1.68 bits per heavy atom. The van der Waals surface area contributed by atoms with Crippen LogP contribution in [0.25, 0.3) is 0 Å². The highest BCUT2D eigenvalue weighted by atomic mass is 79.9. The van der Waals surface area contributed by atoms with E-state index in [0.29, 0.717) is 12.2 Å². The van der Waals surface area contributed by atoms with Crippen LogP contribution in [0.3, 0.4) is 0 Å². The lowest BCUT2D eigenvalue weighted by Gasteiger charge is -2.38. The number of benzene rings is 1. The van der Waals surface area contributed by atoms with E-state index in [2.05, 4.69) is 48.5 Å². The summed E-state index contributed by atoms with van der Waals surface area (Å²) < 4.78 is 1.05. The maximum Gasteiger partial charge on any atom is 0.157 e. The van der Waals surface area contributed by atoms with Crippen molar-refractivity contribution in [1.82, 2.24) is 4.90 Å². The maximum absolute atomic E-state index is 12.7. The molecule has 1 atom stereocenters. The Labute approximate surface area is 125 Å². The lowest BCUT2D eigenvalue weighted by molar-refractivity contribution is -0.129. The van der Waals surface area contributed by atoms with Crippen molar-refractivity contribution in [3.8, 4) is 0 Å². The molecular weight excluding hydrogens is 302 g/mol. The second-order valence-electron chi connectivity index (χ2n) is 5.03. The molecule has 0 saturated carbocycles. The number of hydrogen-bond acceptors (Lipinski definition) is 2. The highest BCUT2D eigenvalue weighted by Crippen LogP contribution is 2.23. The molecule has 0 spiro atoms. The van der Waals surface area contributed by atoms with Crippen LogP contribution in [0, 0.1) is 0 Å². The summed E-state index contributed by atoms with van der Waals surface area (Å²) in [7, 11) is 0. The molecule has 1 aromatic carbocycles. The van der Waals surface area contributed by atoms with Gasteiger partial charge in [0.2, 0.25) is 0 Å². The normalized spacial score (nSPS) is 14.4. The average molecular weight is 326 g/mol. The standard InChI is InChI=1S/C16H24BrNO/c1-5-16(4,18(6-2)7-3)15(19)12-13-8-10-14(17)11-9-13/h8-11H,5-7,12H2,1-4H3. The number of nitrogens with zero attached hydrogens (tertiary/aromatic N) is 1. The zero-order valence-electron chi connectivity index (χ0n) is 12.4. The number of carbonyl (C=O) groups excluding carboxylic acids is 1. The number of ketones is 1. The van der Waals surface area contributed by atoms with Crippen LogP contribution >= 0.6 is 15.9 Å². The third-order valence-corrected chi connectivity index (χ3v) is 4.56. The zero-order valence-corrected chi connectivity index (χ0v) is 14.0. The lowest BCUT2D eigenvalue weighted by atomic mass is 9.87. The summed E-state index contributed by atoms with van der Waals surface area (Å²) >= 11 is 3.42. The second-order valence-corrected chi connectivity index (χ2v) is 5.94. The molecule has 106 valence electrons. The Bertz CT molecular complexity index is 411. The highest BCUT2D eigenvalue weighted by molar-refractivity contribution is 9.10. The van der Waals surface area contributed by atoms with Gasteiger partial charge in [0.1, 0.15) is 0 Å². The van der Waals surface area contributed by atoms with Gasteiger partial charge < -0.3 is 0 Å². The van der Waals surface area contributed by atoms with Crippen molar-refractivity contribution >= 4 is 21.7 Å². The largest absolute Gasteiger partial charge is 0.297 e. The Morgan fingerprint density at radius 3 is 2.11 bits per heavy atom. The molecule has 0 radical (unpaired) electrons. The zero-order chi connectivity index (χ0) is 14.5. The minimum absolute atomic E-state index is 0.307. The molecule has 2 nitrogen and oxygen atoms in total. The summed E-state index contributed by atoms with van der Waals surface area (Å²) in [6, 6.07) is 8.01. The lowest BCUT2D eigenvalue weighted by Crippen LogP contribution is -2.52. The number of Topliss-reactive ketones (excluding diaryl/α,β-unsaturated/α-hetero) is 1. The van der Waals surface area contributed by atoms with Crippen LogP contribution < -0.4 is 0 Å². The molecule has 0 heterocycles. The molecule has 0 aromatic heterocycles. The van der Waals surface area contributed by atoms with Gasteiger partial charge in [-0.2, -0.15) is 0 Å². The Balaban J connectivity index is 2.87. The molecule has 0 saturated heterocycles. The van der Waals surface area contributed by atoms with E-state index in [-0.39, 0.29) is 5.54 Å². The molecule has 1 rings (SSSR count). The Hall–Kier alpha value is -0.670. The first-order chi connectivity index (χ1) is 8.97. The average Bonchev–Trinajstić information content (AvgIpc) is 2.42. The molecule has 0 fully saturated rings.